The summed E-state index contributed by atoms with van der Waals surface area (Å²) in [5.41, 5.74) is 1.76. The maximum absolute atomic E-state index is 12.2. The number of aromatic carboxylic acids is 1. The highest BCUT2D eigenvalue weighted by Crippen LogP contribution is 2.28. The lowest BCUT2D eigenvalue weighted by atomic mass is 10.0. The van der Waals surface area contributed by atoms with E-state index in [-0.39, 0.29) is 17.7 Å². The molecule has 1 saturated heterocycles. The van der Waals surface area contributed by atoms with Gasteiger partial charge in [0, 0.05) is 42.3 Å². The predicted octanol–water partition coefficient (Wildman–Crippen LogP) is 3.52. The SMILES string of the molecule is Cc1cc(-c2cnn(C3CCN(C(=O)OC(C)(C)C)CC3)c2)c(C(=O)O)cn1. The maximum Gasteiger partial charge on any atom is 0.410 e. The van der Waals surface area contributed by atoms with Crippen LogP contribution in [-0.4, -0.2) is 55.5 Å². The van der Waals surface area contributed by atoms with Gasteiger partial charge < -0.3 is 14.7 Å². The second-order valence-electron chi connectivity index (χ2n) is 8.08. The molecule has 1 aliphatic rings. The second-order valence-corrected chi connectivity index (χ2v) is 8.08. The van der Waals surface area contributed by atoms with Crippen molar-refractivity contribution in [2.45, 2.75) is 52.2 Å². The number of piperidine rings is 1. The normalized spacial score (nSPS) is 15.5. The molecule has 1 N–H and O–H groups in total. The van der Waals surface area contributed by atoms with Gasteiger partial charge in [0.2, 0.25) is 0 Å². The van der Waals surface area contributed by atoms with Crippen molar-refractivity contribution in [2.24, 2.45) is 0 Å². The topological polar surface area (TPSA) is 97.6 Å². The molecule has 2 aromatic heterocycles. The van der Waals surface area contributed by atoms with Crippen LogP contribution < -0.4 is 0 Å². The molecule has 3 heterocycles. The highest BCUT2D eigenvalue weighted by atomic mass is 16.6. The molecule has 8 nitrogen and oxygen atoms in total. The summed E-state index contributed by atoms with van der Waals surface area (Å²) in [5.74, 6) is -1.01. The maximum atomic E-state index is 12.2. The lowest BCUT2D eigenvalue weighted by Crippen LogP contribution is -2.42. The number of amides is 1. The molecule has 1 fully saturated rings. The summed E-state index contributed by atoms with van der Waals surface area (Å²) in [5, 5.41) is 13.9. The molecule has 1 aliphatic heterocycles. The molecule has 0 aromatic carbocycles. The number of pyridine rings is 1. The van der Waals surface area contributed by atoms with E-state index in [4.69, 9.17) is 4.74 Å². The number of nitrogens with zero attached hydrogens (tertiary/aromatic N) is 4. The first-order valence-corrected chi connectivity index (χ1v) is 9.36. The lowest BCUT2D eigenvalue weighted by Gasteiger charge is -2.33. The molecule has 0 saturated carbocycles. The van der Waals surface area contributed by atoms with Gasteiger partial charge in [-0.05, 0) is 46.6 Å². The van der Waals surface area contributed by atoms with Gasteiger partial charge in [-0.25, -0.2) is 9.59 Å². The summed E-state index contributed by atoms with van der Waals surface area (Å²) in [4.78, 5) is 29.5. The number of carbonyl (C=O) groups excluding carboxylic acids is 1. The van der Waals surface area contributed by atoms with Crippen LogP contribution in [0.2, 0.25) is 0 Å². The average molecular weight is 386 g/mol. The third-order valence-electron chi connectivity index (χ3n) is 4.67. The highest BCUT2D eigenvalue weighted by molar-refractivity contribution is 5.95. The number of ether oxygens (including phenoxy) is 1. The van der Waals surface area contributed by atoms with Crippen molar-refractivity contribution in [3.63, 3.8) is 0 Å². The predicted molar refractivity (Wildman–Crippen MR) is 103 cm³/mol. The van der Waals surface area contributed by atoms with Gasteiger partial charge in [0.05, 0.1) is 17.8 Å². The third kappa shape index (κ3) is 4.49. The summed E-state index contributed by atoms with van der Waals surface area (Å²) in [6, 6.07) is 1.92. The molecule has 0 aliphatic carbocycles. The standard InChI is InChI=1S/C20H26N4O4/c1-13-9-16(17(11-21-13)18(25)26)14-10-22-24(12-14)15-5-7-23(8-6-15)19(27)28-20(2,3)4/h9-12,15H,5-8H2,1-4H3,(H,25,26). The molecule has 150 valence electrons. The van der Waals surface area contributed by atoms with E-state index in [1.807, 2.05) is 38.6 Å². The van der Waals surface area contributed by atoms with Crippen molar-refractivity contribution in [2.75, 3.05) is 13.1 Å². The van der Waals surface area contributed by atoms with Crippen LogP contribution in [0.1, 0.15) is 55.7 Å². The van der Waals surface area contributed by atoms with Crippen LogP contribution in [0.15, 0.2) is 24.7 Å². The van der Waals surface area contributed by atoms with Crippen LogP contribution in [0.25, 0.3) is 11.1 Å². The number of hydrogen-bond donors (Lipinski definition) is 1. The van der Waals surface area contributed by atoms with E-state index >= 15 is 0 Å². The molecule has 0 bridgehead atoms. The Bertz CT molecular complexity index is 877. The first kappa shape index (κ1) is 19.9. The molecule has 3 rings (SSSR count). The van der Waals surface area contributed by atoms with E-state index in [0.29, 0.717) is 18.7 Å². The van der Waals surface area contributed by atoms with Crippen LogP contribution in [0, 0.1) is 6.92 Å². The zero-order valence-corrected chi connectivity index (χ0v) is 16.7. The fourth-order valence-corrected chi connectivity index (χ4v) is 3.29. The van der Waals surface area contributed by atoms with Crippen molar-refractivity contribution in [3.05, 3.63) is 35.9 Å². The Labute approximate surface area is 164 Å². The number of hydrogen-bond acceptors (Lipinski definition) is 5. The molecule has 8 heteroatoms. The summed E-state index contributed by atoms with van der Waals surface area (Å²) >= 11 is 0. The quantitative estimate of drug-likeness (QED) is 0.867. The molecular weight excluding hydrogens is 360 g/mol. The summed E-state index contributed by atoms with van der Waals surface area (Å²) in [7, 11) is 0. The van der Waals surface area contributed by atoms with Crippen LogP contribution in [0.5, 0.6) is 0 Å². The van der Waals surface area contributed by atoms with Gasteiger partial charge in [-0.1, -0.05) is 0 Å². The van der Waals surface area contributed by atoms with Crippen LogP contribution in [-0.2, 0) is 4.74 Å². The fourth-order valence-electron chi connectivity index (χ4n) is 3.29. The number of likely N-dealkylation sites (tertiary alicyclic amines) is 1. The Morgan fingerprint density at radius 3 is 2.50 bits per heavy atom. The lowest BCUT2D eigenvalue weighted by molar-refractivity contribution is 0.0184. The number of rotatable bonds is 3. The smallest absolute Gasteiger partial charge is 0.410 e. The second kappa shape index (κ2) is 7.61. The van der Waals surface area contributed by atoms with Gasteiger partial charge in [-0.2, -0.15) is 5.10 Å². The third-order valence-corrected chi connectivity index (χ3v) is 4.67. The van der Waals surface area contributed by atoms with Crippen LogP contribution in [0.4, 0.5) is 4.79 Å². The number of aromatic nitrogens is 3. The first-order valence-electron chi connectivity index (χ1n) is 9.36. The molecule has 1 amide bonds. The Kier molecular flexibility index (Phi) is 5.40. The Morgan fingerprint density at radius 1 is 1.21 bits per heavy atom. The van der Waals surface area contributed by atoms with E-state index in [9.17, 15) is 14.7 Å². The van der Waals surface area contributed by atoms with E-state index in [1.165, 1.54) is 6.20 Å². The van der Waals surface area contributed by atoms with Gasteiger partial charge in [0.15, 0.2) is 0 Å². The van der Waals surface area contributed by atoms with Gasteiger partial charge in [-0.3, -0.25) is 9.67 Å². The number of carboxylic acid groups (broad SMARTS) is 1. The molecular formula is C20H26N4O4. The Balaban J connectivity index is 1.70. The number of carboxylic acids is 1. The molecule has 0 radical (unpaired) electrons. The van der Waals surface area contributed by atoms with Crippen molar-refractivity contribution in [1.29, 1.82) is 0 Å². The number of carbonyl (C=O) groups is 2. The molecule has 28 heavy (non-hydrogen) atoms. The van der Waals surface area contributed by atoms with E-state index in [0.717, 1.165) is 24.1 Å². The van der Waals surface area contributed by atoms with Gasteiger partial charge in [0.25, 0.3) is 0 Å². The number of aryl methyl sites for hydroxylation is 1. The molecule has 0 atom stereocenters. The van der Waals surface area contributed by atoms with Crippen LogP contribution >= 0.6 is 0 Å². The monoisotopic (exact) mass is 386 g/mol. The van der Waals surface area contributed by atoms with Crippen LogP contribution in [0.3, 0.4) is 0 Å². The minimum absolute atomic E-state index is 0.156. The first-order chi connectivity index (χ1) is 13.1. The van der Waals surface area contributed by atoms with E-state index < -0.39 is 11.6 Å². The zero-order valence-electron chi connectivity index (χ0n) is 16.7. The molecule has 0 unspecified atom stereocenters. The van der Waals surface area contributed by atoms with Crippen molar-refractivity contribution < 1.29 is 19.4 Å². The zero-order chi connectivity index (χ0) is 20.5. The average Bonchev–Trinajstić information content (AvgIpc) is 3.10. The van der Waals surface area contributed by atoms with E-state index in [2.05, 4.69) is 10.1 Å². The van der Waals surface area contributed by atoms with Crippen molar-refractivity contribution in [3.8, 4) is 11.1 Å². The fraction of sp³-hybridized carbons (Fsp3) is 0.500. The minimum Gasteiger partial charge on any atom is -0.478 e. The van der Waals surface area contributed by atoms with Gasteiger partial charge in [0.1, 0.15) is 5.60 Å². The Morgan fingerprint density at radius 2 is 1.89 bits per heavy atom. The highest BCUT2D eigenvalue weighted by Gasteiger charge is 2.28. The summed E-state index contributed by atoms with van der Waals surface area (Å²) in [6.45, 7) is 8.60. The van der Waals surface area contributed by atoms with E-state index in [1.54, 1.807) is 17.2 Å². The largest absolute Gasteiger partial charge is 0.478 e. The molecule has 0 spiro atoms. The molecule has 2 aromatic rings. The van der Waals surface area contributed by atoms with Crippen molar-refractivity contribution in [1.82, 2.24) is 19.7 Å². The minimum atomic E-state index is -1.01. The summed E-state index contributed by atoms with van der Waals surface area (Å²) in [6.07, 6.45) is 6.17. The van der Waals surface area contributed by atoms with Gasteiger partial charge >= 0.3 is 12.1 Å². The Hall–Kier alpha value is -2.90. The summed E-state index contributed by atoms with van der Waals surface area (Å²) < 4.78 is 7.29. The van der Waals surface area contributed by atoms with Gasteiger partial charge in [-0.15, -0.1) is 0 Å². The van der Waals surface area contributed by atoms with Crippen molar-refractivity contribution >= 4 is 12.1 Å².